The number of ether oxygens (including phenoxy) is 2. The average molecular weight is 522 g/mol. The molecule has 0 spiro atoms. The van der Waals surface area contributed by atoms with Crippen molar-refractivity contribution in [1.82, 2.24) is 10.2 Å². The predicted octanol–water partition coefficient (Wildman–Crippen LogP) is 2.69. The molecule has 2 aromatic rings. The van der Waals surface area contributed by atoms with Crippen molar-refractivity contribution in [2.75, 3.05) is 30.3 Å². The van der Waals surface area contributed by atoms with Gasteiger partial charge in [0.1, 0.15) is 31.6 Å². The monoisotopic (exact) mass is 521 g/mol. The number of nitrogens with one attached hydrogen (secondary N) is 1. The van der Waals surface area contributed by atoms with Gasteiger partial charge in [0, 0.05) is 24.2 Å². The zero-order valence-electron chi connectivity index (χ0n) is 20.9. The number of halogens is 1. The van der Waals surface area contributed by atoms with Gasteiger partial charge in [-0.25, -0.2) is 12.8 Å². The van der Waals surface area contributed by atoms with Crippen molar-refractivity contribution in [3.05, 3.63) is 53.8 Å². The van der Waals surface area contributed by atoms with Crippen molar-refractivity contribution in [2.45, 2.75) is 45.8 Å². The van der Waals surface area contributed by atoms with Gasteiger partial charge in [0.15, 0.2) is 11.5 Å². The molecule has 196 valence electrons. The van der Waals surface area contributed by atoms with Crippen molar-refractivity contribution >= 4 is 27.5 Å². The third-order valence-corrected chi connectivity index (χ3v) is 7.10. The van der Waals surface area contributed by atoms with Gasteiger partial charge >= 0.3 is 0 Å². The summed E-state index contributed by atoms with van der Waals surface area (Å²) in [6, 6.07) is 9.41. The van der Waals surface area contributed by atoms with Gasteiger partial charge in [-0.2, -0.15) is 0 Å². The molecule has 2 aromatic carbocycles. The maximum atomic E-state index is 14.4. The molecule has 0 saturated heterocycles. The first-order chi connectivity index (χ1) is 17.0. The molecule has 0 aliphatic carbocycles. The summed E-state index contributed by atoms with van der Waals surface area (Å²) >= 11 is 0. The van der Waals surface area contributed by atoms with Crippen LogP contribution in [0.25, 0.3) is 0 Å². The Kier molecular flexibility index (Phi) is 8.78. The van der Waals surface area contributed by atoms with Crippen molar-refractivity contribution < 1.29 is 31.9 Å². The van der Waals surface area contributed by atoms with E-state index in [1.165, 1.54) is 42.2 Å². The SMILES string of the molecule is CCC(C)NC(=O)C(C)N(Cc1ccccc1F)C(=O)CN(c1ccc2c(c1)OCCO2)S(C)(=O)=O. The highest BCUT2D eigenvalue weighted by Gasteiger charge is 2.31. The van der Waals surface area contributed by atoms with Gasteiger partial charge in [-0.3, -0.25) is 13.9 Å². The highest BCUT2D eigenvalue weighted by molar-refractivity contribution is 7.92. The number of hydrogen-bond acceptors (Lipinski definition) is 6. The van der Waals surface area contributed by atoms with E-state index in [1.807, 2.05) is 13.8 Å². The molecule has 11 heteroatoms. The average Bonchev–Trinajstić information content (AvgIpc) is 2.85. The number of rotatable bonds is 10. The van der Waals surface area contributed by atoms with Crippen molar-refractivity contribution in [2.24, 2.45) is 0 Å². The van der Waals surface area contributed by atoms with Gasteiger partial charge in [0.2, 0.25) is 21.8 Å². The first kappa shape index (κ1) is 27.3. The van der Waals surface area contributed by atoms with E-state index in [1.54, 1.807) is 12.1 Å². The molecular formula is C25H32FN3O6S. The van der Waals surface area contributed by atoms with Gasteiger partial charge in [0.05, 0.1) is 11.9 Å². The lowest BCUT2D eigenvalue weighted by Crippen LogP contribution is -2.52. The molecule has 36 heavy (non-hydrogen) atoms. The zero-order chi connectivity index (χ0) is 26.5. The lowest BCUT2D eigenvalue weighted by molar-refractivity contribution is -0.139. The Hall–Kier alpha value is -3.34. The number of hydrogen-bond donors (Lipinski definition) is 1. The molecule has 0 aromatic heterocycles. The van der Waals surface area contributed by atoms with Crippen LogP contribution in [0.15, 0.2) is 42.5 Å². The van der Waals surface area contributed by atoms with Crippen molar-refractivity contribution in [3.63, 3.8) is 0 Å². The second-order valence-electron chi connectivity index (χ2n) is 8.70. The van der Waals surface area contributed by atoms with E-state index in [-0.39, 0.29) is 23.8 Å². The quantitative estimate of drug-likeness (QED) is 0.516. The Morgan fingerprint density at radius 1 is 1.08 bits per heavy atom. The normalized spacial score (nSPS) is 14.5. The number of benzene rings is 2. The van der Waals surface area contributed by atoms with Gasteiger partial charge in [-0.05, 0) is 38.5 Å². The van der Waals surface area contributed by atoms with Crippen LogP contribution in [0.3, 0.4) is 0 Å². The molecule has 1 heterocycles. The summed E-state index contributed by atoms with van der Waals surface area (Å²) in [7, 11) is -3.91. The Morgan fingerprint density at radius 3 is 2.39 bits per heavy atom. The Morgan fingerprint density at radius 2 is 1.75 bits per heavy atom. The number of carbonyl (C=O) groups is 2. The zero-order valence-corrected chi connectivity index (χ0v) is 21.7. The fourth-order valence-corrected chi connectivity index (χ4v) is 4.50. The molecule has 2 unspecified atom stereocenters. The van der Waals surface area contributed by atoms with Crippen LogP contribution in [0.2, 0.25) is 0 Å². The van der Waals surface area contributed by atoms with E-state index in [2.05, 4.69) is 5.32 Å². The molecule has 2 atom stereocenters. The van der Waals surface area contributed by atoms with Crippen LogP contribution in [-0.4, -0.2) is 63.2 Å². The number of carbonyl (C=O) groups excluding carboxylic acids is 2. The molecule has 9 nitrogen and oxygen atoms in total. The Balaban J connectivity index is 1.92. The third-order valence-electron chi connectivity index (χ3n) is 5.96. The topological polar surface area (TPSA) is 105 Å². The van der Waals surface area contributed by atoms with E-state index in [4.69, 9.17) is 9.47 Å². The van der Waals surface area contributed by atoms with Crippen LogP contribution >= 0.6 is 0 Å². The van der Waals surface area contributed by atoms with E-state index in [0.29, 0.717) is 31.1 Å². The fourth-order valence-electron chi connectivity index (χ4n) is 3.66. The number of amides is 2. The number of fused-ring (bicyclic) bond motifs is 1. The Labute approximate surface area is 211 Å². The lowest BCUT2D eigenvalue weighted by atomic mass is 10.1. The summed E-state index contributed by atoms with van der Waals surface area (Å²) in [4.78, 5) is 27.6. The molecule has 0 radical (unpaired) electrons. The van der Waals surface area contributed by atoms with Crippen LogP contribution in [0.5, 0.6) is 11.5 Å². The lowest BCUT2D eigenvalue weighted by Gasteiger charge is -2.32. The first-order valence-corrected chi connectivity index (χ1v) is 13.6. The van der Waals surface area contributed by atoms with Crippen molar-refractivity contribution in [3.8, 4) is 11.5 Å². The summed E-state index contributed by atoms with van der Waals surface area (Å²) in [5.41, 5.74) is 0.414. The maximum absolute atomic E-state index is 14.4. The minimum atomic E-state index is -3.91. The summed E-state index contributed by atoms with van der Waals surface area (Å²) in [5, 5.41) is 2.83. The minimum absolute atomic E-state index is 0.129. The molecular weight excluding hydrogens is 489 g/mol. The van der Waals surface area contributed by atoms with Gasteiger partial charge in [-0.15, -0.1) is 0 Å². The summed E-state index contributed by atoms with van der Waals surface area (Å²) < 4.78 is 51.8. The van der Waals surface area contributed by atoms with E-state index < -0.39 is 40.2 Å². The smallest absolute Gasteiger partial charge is 0.244 e. The van der Waals surface area contributed by atoms with E-state index >= 15 is 0 Å². The molecule has 0 saturated carbocycles. The van der Waals surface area contributed by atoms with Crippen LogP contribution in [0.1, 0.15) is 32.8 Å². The maximum Gasteiger partial charge on any atom is 0.244 e. The third kappa shape index (κ3) is 6.66. The first-order valence-electron chi connectivity index (χ1n) is 11.7. The molecule has 1 aliphatic rings. The van der Waals surface area contributed by atoms with Crippen molar-refractivity contribution in [1.29, 1.82) is 0 Å². The van der Waals surface area contributed by atoms with Gasteiger partial charge < -0.3 is 19.7 Å². The molecule has 1 aliphatic heterocycles. The Bertz CT molecular complexity index is 1210. The molecule has 3 rings (SSSR count). The largest absolute Gasteiger partial charge is 0.486 e. The van der Waals surface area contributed by atoms with Crippen LogP contribution in [0, 0.1) is 5.82 Å². The van der Waals surface area contributed by atoms with E-state index in [9.17, 15) is 22.4 Å². The predicted molar refractivity (Wildman–Crippen MR) is 134 cm³/mol. The highest BCUT2D eigenvalue weighted by atomic mass is 32.2. The van der Waals surface area contributed by atoms with Crippen LogP contribution < -0.4 is 19.1 Å². The summed E-state index contributed by atoms with van der Waals surface area (Å²) in [5.74, 6) is -0.771. The van der Waals surface area contributed by atoms with Gasteiger partial charge in [-0.1, -0.05) is 25.1 Å². The van der Waals surface area contributed by atoms with Gasteiger partial charge in [0.25, 0.3) is 0 Å². The number of sulfonamides is 1. The van der Waals surface area contributed by atoms with Crippen LogP contribution in [0.4, 0.5) is 10.1 Å². The van der Waals surface area contributed by atoms with E-state index in [0.717, 1.165) is 10.6 Å². The second-order valence-corrected chi connectivity index (χ2v) is 10.6. The highest BCUT2D eigenvalue weighted by Crippen LogP contribution is 2.34. The number of anilines is 1. The molecule has 1 N–H and O–H groups in total. The van der Waals surface area contributed by atoms with Crippen LogP contribution in [-0.2, 0) is 26.2 Å². The second kappa shape index (κ2) is 11.6. The summed E-state index contributed by atoms with van der Waals surface area (Å²) in [6.45, 7) is 5.17. The minimum Gasteiger partial charge on any atom is -0.486 e. The summed E-state index contributed by atoms with van der Waals surface area (Å²) in [6.07, 6.45) is 1.67. The number of nitrogens with zero attached hydrogens (tertiary/aromatic N) is 2. The molecule has 0 bridgehead atoms. The standard InChI is InChI=1S/C25H32FN3O6S/c1-5-17(2)27-25(31)18(3)28(15-19-8-6-7-9-21(19)26)24(30)16-29(36(4,32)33)20-10-11-22-23(14-20)35-13-12-34-22/h6-11,14,17-18H,5,12-13,15-16H2,1-4H3,(H,27,31). The molecule has 2 amide bonds. The fraction of sp³-hybridized carbons (Fsp3) is 0.440. The molecule has 0 fully saturated rings.